The number of hydrazone groups is 2. The van der Waals surface area contributed by atoms with Crippen LogP contribution in [0.2, 0.25) is 0 Å². The Morgan fingerprint density at radius 2 is 1.03 bits per heavy atom. The Morgan fingerprint density at radius 3 is 1.41 bits per heavy atom. The lowest BCUT2D eigenvalue weighted by molar-refractivity contribution is -0.123. The Balaban J connectivity index is 1.71. The van der Waals surface area contributed by atoms with Crippen LogP contribution in [-0.2, 0) is 9.59 Å². The molecule has 0 aromatic heterocycles. The van der Waals surface area contributed by atoms with Gasteiger partial charge in [0.1, 0.15) is 11.5 Å². The van der Waals surface area contributed by atoms with E-state index in [9.17, 15) is 9.59 Å². The van der Waals surface area contributed by atoms with Gasteiger partial charge in [0, 0.05) is 0 Å². The van der Waals surface area contributed by atoms with Gasteiger partial charge in [0.25, 0.3) is 11.8 Å². The molecule has 32 heavy (non-hydrogen) atoms. The van der Waals surface area contributed by atoms with E-state index in [4.69, 9.17) is 9.47 Å². The molecule has 0 atom stereocenters. The van der Waals surface area contributed by atoms with Crippen LogP contribution in [0.3, 0.4) is 0 Å². The molecule has 8 heteroatoms. The average Bonchev–Trinajstić information content (AvgIpc) is 2.76. The number of nitrogens with one attached hydrogen (secondary N) is 2. The minimum absolute atomic E-state index is 0.161. The number of ether oxygens (including phenoxy) is 2. The third-order valence-electron chi connectivity index (χ3n) is 5.04. The van der Waals surface area contributed by atoms with Crippen molar-refractivity contribution in [3.8, 4) is 11.5 Å². The standard InChI is InChI=1S/C24H30N4O4/c1-15-7-9-17(3)23(19(15)5)31-13-21(29)27-25-11-12-26-28-22(30)14-32-24-18(4)10-8-16(2)20(24)6/h7-12H,13-14H2,1-6H3,(H,27,29)(H,28,30)/b25-11-,26-12+. The topological polar surface area (TPSA) is 101 Å². The third-order valence-corrected chi connectivity index (χ3v) is 5.04. The molecule has 2 N–H and O–H groups in total. The molecule has 0 saturated carbocycles. The Labute approximate surface area is 188 Å². The second-order valence-electron chi connectivity index (χ2n) is 7.51. The monoisotopic (exact) mass is 438 g/mol. The number of aryl methyl sites for hydroxylation is 4. The van der Waals surface area contributed by atoms with E-state index >= 15 is 0 Å². The SMILES string of the molecule is Cc1ccc(C)c(OCC(=O)N/N=C\C=N\NC(=O)COc2c(C)ccc(C)c2C)c1C. The average molecular weight is 439 g/mol. The van der Waals surface area contributed by atoms with Crippen LogP contribution < -0.4 is 20.3 Å². The molecule has 170 valence electrons. The van der Waals surface area contributed by atoms with Crippen molar-refractivity contribution >= 4 is 24.2 Å². The molecule has 0 spiro atoms. The summed E-state index contributed by atoms with van der Waals surface area (Å²) in [5, 5.41) is 7.47. The number of hydrogen-bond donors (Lipinski definition) is 2. The van der Waals surface area contributed by atoms with Crippen molar-refractivity contribution < 1.29 is 19.1 Å². The maximum absolute atomic E-state index is 11.9. The number of amides is 2. The summed E-state index contributed by atoms with van der Waals surface area (Å²) < 4.78 is 11.2. The summed E-state index contributed by atoms with van der Waals surface area (Å²) in [5.41, 5.74) is 10.8. The molecule has 0 bridgehead atoms. The highest BCUT2D eigenvalue weighted by Gasteiger charge is 2.10. The Hall–Kier alpha value is -3.68. The number of nitrogens with zero attached hydrogens (tertiary/aromatic N) is 2. The van der Waals surface area contributed by atoms with Gasteiger partial charge < -0.3 is 9.47 Å². The van der Waals surface area contributed by atoms with Gasteiger partial charge in [-0.15, -0.1) is 0 Å². The summed E-state index contributed by atoms with van der Waals surface area (Å²) in [6, 6.07) is 7.92. The molecule has 0 saturated heterocycles. The lowest BCUT2D eigenvalue weighted by atomic mass is 10.1. The van der Waals surface area contributed by atoms with Crippen LogP contribution in [-0.4, -0.2) is 37.5 Å². The molecule has 0 unspecified atom stereocenters. The van der Waals surface area contributed by atoms with Crippen molar-refractivity contribution in [2.45, 2.75) is 41.5 Å². The number of carbonyl (C=O) groups excluding carboxylic acids is 2. The predicted octanol–water partition coefficient (Wildman–Crippen LogP) is 3.20. The highest BCUT2D eigenvalue weighted by atomic mass is 16.5. The molecule has 2 aromatic carbocycles. The first kappa shape index (κ1) is 24.6. The van der Waals surface area contributed by atoms with Crippen LogP contribution in [0.5, 0.6) is 11.5 Å². The molecule has 0 aliphatic heterocycles. The molecule has 8 nitrogen and oxygen atoms in total. The molecule has 0 radical (unpaired) electrons. The molecular formula is C24H30N4O4. The fourth-order valence-corrected chi connectivity index (χ4v) is 2.92. The van der Waals surface area contributed by atoms with Crippen molar-refractivity contribution in [2.75, 3.05) is 13.2 Å². The maximum Gasteiger partial charge on any atom is 0.277 e. The first-order valence-electron chi connectivity index (χ1n) is 10.2. The lowest BCUT2D eigenvalue weighted by Crippen LogP contribution is -2.26. The molecule has 0 fully saturated rings. The van der Waals surface area contributed by atoms with Gasteiger partial charge in [0.15, 0.2) is 13.2 Å². The summed E-state index contributed by atoms with van der Waals surface area (Å²) >= 11 is 0. The van der Waals surface area contributed by atoms with Gasteiger partial charge in [-0.3, -0.25) is 9.59 Å². The van der Waals surface area contributed by atoms with Crippen molar-refractivity contribution in [2.24, 2.45) is 10.2 Å². The van der Waals surface area contributed by atoms with Crippen molar-refractivity contribution in [3.63, 3.8) is 0 Å². The summed E-state index contributed by atoms with van der Waals surface area (Å²) in [6.45, 7) is 11.4. The smallest absolute Gasteiger partial charge is 0.277 e. The minimum Gasteiger partial charge on any atom is -0.483 e. The van der Waals surface area contributed by atoms with E-state index < -0.39 is 11.8 Å². The van der Waals surface area contributed by atoms with E-state index in [1.807, 2.05) is 65.8 Å². The molecule has 0 heterocycles. The summed E-state index contributed by atoms with van der Waals surface area (Å²) in [5.74, 6) is 0.589. The first-order valence-corrected chi connectivity index (χ1v) is 10.2. The highest BCUT2D eigenvalue weighted by molar-refractivity contribution is 6.16. The summed E-state index contributed by atoms with van der Waals surface area (Å²) in [7, 11) is 0. The predicted molar refractivity (Wildman–Crippen MR) is 126 cm³/mol. The van der Waals surface area contributed by atoms with Crippen LogP contribution in [0.4, 0.5) is 0 Å². The second-order valence-corrected chi connectivity index (χ2v) is 7.51. The van der Waals surface area contributed by atoms with Crippen molar-refractivity contribution in [1.29, 1.82) is 0 Å². The summed E-state index contributed by atoms with van der Waals surface area (Å²) in [6.07, 6.45) is 2.49. The molecule has 0 aliphatic carbocycles. The van der Waals surface area contributed by atoms with E-state index in [1.165, 1.54) is 12.4 Å². The zero-order valence-corrected chi connectivity index (χ0v) is 19.4. The van der Waals surface area contributed by atoms with Gasteiger partial charge in [-0.2, -0.15) is 10.2 Å². The number of benzene rings is 2. The van der Waals surface area contributed by atoms with Gasteiger partial charge >= 0.3 is 0 Å². The zero-order valence-electron chi connectivity index (χ0n) is 19.4. The van der Waals surface area contributed by atoms with Crippen LogP contribution in [0, 0.1) is 41.5 Å². The van der Waals surface area contributed by atoms with E-state index in [2.05, 4.69) is 21.1 Å². The van der Waals surface area contributed by atoms with E-state index in [0.29, 0.717) is 11.5 Å². The maximum atomic E-state index is 11.9. The second kappa shape index (κ2) is 11.6. The molecule has 2 amide bonds. The van der Waals surface area contributed by atoms with Crippen LogP contribution in [0.1, 0.15) is 33.4 Å². The van der Waals surface area contributed by atoms with Crippen molar-refractivity contribution in [3.05, 3.63) is 57.6 Å². The Morgan fingerprint density at radius 1 is 0.688 bits per heavy atom. The van der Waals surface area contributed by atoms with Crippen LogP contribution in [0.25, 0.3) is 0 Å². The minimum atomic E-state index is -0.406. The number of carbonyl (C=O) groups is 2. The normalized spacial score (nSPS) is 11.1. The van der Waals surface area contributed by atoms with Gasteiger partial charge in [0.05, 0.1) is 12.4 Å². The molecule has 2 rings (SSSR count). The lowest BCUT2D eigenvalue weighted by Gasteiger charge is -2.13. The van der Waals surface area contributed by atoms with Gasteiger partial charge in [-0.25, -0.2) is 10.9 Å². The van der Waals surface area contributed by atoms with Crippen molar-refractivity contribution in [1.82, 2.24) is 10.9 Å². The fraction of sp³-hybridized carbons (Fsp3) is 0.333. The summed E-state index contributed by atoms with van der Waals surface area (Å²) in [4.78, 5) is 23.8. The molecule has 0 aliphatic rings. The molecular weight excluding hydrogens is 408 g/mol. The highest BCUT2D eigenvalue weighted by Crippen LogP contribution is 2.26. The Kier molecular flexibility index (Phi) is 8.95. The molecule has 2 aromatic rings. The van der Waals surface area contributed by atoms with Crippen LogP contribution >= 0.6 is 0 Å². The van der Waals surface area contributed by atoms with E-state index in [-0.39, 0.29) is 13.2 Å². The fourth-order valence-electron chi connectivity index (χ4n) is 2.92. The number of hydrogen-bond acceptors (Lipinski definition) is 6. The largest absolute Gasteiger partial charge is 0.483 e. The Bertz CT molecular complexity index is 961. The van der Waals surface area contributed by atoms with E-state index in [1.54, 1.807) is 0 Å². The van der Waals surface area contributed by atoms with Gasteiger partial charge in [0.2, 0.25) is 0 Å². The van der Waals surface area contributed by atoms with Crippen LogP contribution in [0.15, 0.2) is 34.5 Å². The third kappa shape index (κ3) is 6.94. The van der Waals surface area contributed by atoms with E-state index in [0.717, 1.165) is 33.4 Å². The zero-order chi connectivity index (χ0) is 23.7. The van der Waals surface area contributed by atoms with Gasteiger partial charge in [-0.05, 0) is 74.9 Å². The van der Waals surface area contributed by atoms with Gasteiger partial charge in [-0.1, -0.05) is 24.3 Å². The first-order chi connectivity index (χ1) is 15.2. The quantitative estimate of drug-likeness (QED) is 0.464. The number of rotatable bonds is 9.